The molecule has 54 heavy (non-hydrogen) atoms. The molecular weight excluding hydrogens is 684 g/mol. The van der Waals surface area contributed by atoms with E-state index in [2.05, 4.69) is 10.3 Å². The quantitative estimate of drug-likeness (QED) is 0.0798. The van der Waals surface area contributed by atoms with Crippen LogP contribution in [0, 0.1) is 16.0 Å². The minimum atomic E-state index is -2.06. The summed E-state index contributed by atoms with van der Waals surface area (Å²) in [4.78, 5) is 42.0. The monoisotopic (exact) mass is 720 g/mol. The molecule has 1 unspecified atom stereocenters. The van der Waals surface area contributed by atoms with Gasteiger partial charge in [-0.1, -0.05) is 91.0 Å². The number of allylic oxidation sites excluding steroid dienone is 1. The number of hydrogen-bond acceptors (Lipinski definition) is 8. The van der Waals surface area contributed by atoms with E-state index in [1.54, 1.807) is 28.8 Å². The number of non-ortho nitro benzene ring substituents is 1. The van der Waals surface area contributed by atoms with Crippen molar-refractivity contribution in [2.24, 2.45) is 5.92 Å². The van der Waals surface area contributed by atoms with Gasteiger partial charge in [0.05, 0.1) is 46.6 Å². The van der Waals surface area contributed by atoms with Crippen LogP contribution in [0.25, 0.3) is 10.8 Å². The standard InChI is InChI=1S/C42H36N6O6/c1-27(9-5-6-22-45-25-36(43-44-45)34(26-49)29-10-3-2-4-11-29)42(52)35-23-32(48(53)54)20-21-37(35)46(41(42)51)24-28-16-18-31(19-17-28)47-38-15-8-13-30-12-7-14-33(39(30)38)40(47)50/h2-5,7-21,23,25,27,34,49,52H,6,22,24,26H2,1H3/b9-5+/t27-,34?,42+/m1/s1. The van der Waals surface area contributed by atoms with Crippen LogP contribution in [-0.4, -0.2) is 48.6 Å². The van der Waals surface area contributed by atoms with E-state index in [1.165, 1.54) is 23.1 Å². The number of amides is 2. The first-order valence-corrected chi connectivity index (χ1v) is 17.7. The third-order valence-electron chi connectivity index (χ3n) is 10.5. The van der Waals surface area contributed by atoms with E-state index in [9.17, 15) is 29.9 Å². The number of hydrogen-bond donors (Lipinski definition) is 2. The molecule has 8 rings (SSSR count). The zero-order valence-electron chi connectivity index (χ0n) is 29.3. The second-order valence-electron chi connectivity index (χ2n) is 13.7. The Morgan fingerprint density at radius 1 is 0.926 bits per heavy atom. The molecule has 0 radical (unpaired) electrons. The lowest BCUT2D eigenvalue weighted by molar-refractivity contribution is -0.385. The first kappa shape index (κ1) is 34.6. The van der Waals surface area contributed by atoms with Crippen molar-refractivity contribution in [2.75, 3.05) is 16.4 Å². The Kier molecular flexibility index (Phi) is 8.84. The number of carbonyl (C=O) groups is 2. The highest BCUT2D eigenvalue weighted by Crippen LogP contribution is 2.47. The summed E-state index contributed by atoms with van der Waals surface area (Å²) < 4.78 is 1.68. The molecule has 0 spiro atoms. The molecule has 2 aliphatic rings. The summed E-state index contributed by atoms with van der Waals surface area (Å²) in [6.45, 7) is 2.16. The number of aliphatic hydroxyl groups is 2. The topological polar surface area (TPSA) is 155 Å². The molecule has 270 valence electrons. The molecule has 2 N–H and O–H groups in total. The zero-order chi connectivity index (χ0) is 37.6. The molecular formula is C42H36N6O6. The van der Waals surface area contributed by atoms with E-state index in [0.29, 0.717) is 35.6 Å². The fourth-order valence-electron chi connectivity index (χ4n) is 7.59. The number of aliphatic hydroxyl groups excluding tert-OH is 1. The summed E-state index contributed by atoms with van der Waals surface area (Å²) in [7, 11) is 0. The van der Waals surface area contributed by atoms with E-state index in [4.69, 9.17) is 0 Å². The fraction of sp³-hybridized carbons (Fsp3) is 0.190. The summed E-state index contributed by atoms with van der Waals surface area (Å²) >= 11 is 0. The van der Waals surface area contributed by atoms with E-state index in [-0.39, 0.29) is 36.2 Å². The van der Waals surface area contributed by atoms with Gasteiger partial charge in [0.25, 0.3) is 17.5 Å². The van der Waals surface area contributed by atoms with E-state index >= 15 is 0 Å². The first-order chi connectivity index (χ1) is 26.2. The lowest BCUT2D eigenvalue weighted by atomic mass is 9.82. The predicted molar refractivity (Wildman–Crippen MR) is 203 cm³/mol. The number of nitrogens with zero attached hydrogens (tertiary/aromatic N) is 6. The number of anilines is 3. The van der Waals surface area contributed by atoms with Crippen LogP contribution in [0.15, 0.2) is 128 Å². The molecule has 5 aromatic carbocycles. The Hall–Kier alpha value is -6.50. The van der Waals surface area contributed by atoms with Gasteiger partial charge in [0.15, 0.2) is 5.60 Å². The molecule has 3 atom stereocenters. The predicted octanol–water partition coefficient (Wildman–Crippen LogP) is 6.77. The van der Waals surface area contributed by atoms with Crippen LogP contribution in [0.3, 0.4) is 0 Å². The molecule has 0 bridgehead atoms. The van der Waals surface area contributed by atoms with Crippen LogP contribution in [0.2, 0.25) is 0 Å². The highest BCUT2D eigenvalue weighted by Gasteiger charge is 2.53. The van der Waals surface area contributed by atoms with E-state index in [1.807, 2.05) is 97.1 Å². The number of rotatable bonds is 12. The second kappa shape index (κ2) is 13.8. The van der Waals surface area contributed by atoms with Crippen LogP contribution in [0.1, 0.15) is 52.0 Å². The smallest absolute Gasteiger partial charge is 0.269 e. The number of carbonyl (C=O) groups excluding carboxylic acids is 2. The zero-order valence-corrected chi connectivity index (χ0v) is 29.3. The maximum absolute atomic E-state index is 14.2. The summed E-state index contributed by atoms with van der Waals surface area (Å²) in [5.41, 5.74) is 2.72. The summed E-state index contributed by atoms with van der Waals surface area (Å²) in [6.07, 6.45) is 5.88. The number of aromatic nitrogens is 3. The van der Waals surface area contributed by atoms with Crippen molar-refractivity contribution < 1.29 is 24.7 Å². The summed E-state index contributed by atoms with van der Waals surface area (Å²) in [5, 5.41) is 44.3. The molecule has 0 fully saturated rings. The average molecular weight is 721 g/mol. The van der Waals surface area contributed by atoms with Gasteiger partial charge in [0, 0.05) is 47.4 Å². The van der Waals surface area contributed by atoms with Crippen molar-refractivity contribution in [1.82, 2.24) is 15.0 Å². The minimum Gasteiger partial charge on any atom is -0.395 e. The molecule has 12 heteroatoms. The Labute approximate surface area is 310 Å². The normalized spacial score (nSPS) is 17.5. The summed E-state index contributed by atoms with van der Waals surface area (Å²) in [5.74, 6) is -1.75. The van der Waals surface area contributed by atoms with Crippen molar-refractivity contribution in [3.63, 3.8) is 0 Å². The number of fused-ring (bicyclic) bond motifs is 1. The van der Waals surface area contributed by atoms with Crippen LogP contribution in [-0.2, 0) is 23.5 Å². The Morgan fingerprint density at radius 2 is 1.69 bits per heavy atom. The molecule has 6 aromatic rings. The van der Waals surface area contributed by atoms with Gasteiger partial charge >= 0.3 is 0 Å². The molecule has 0 saturated heterocycles. The number of nitro benzene ring substituents is 1. The average Bonchev–Trinajstić information content (AvgIpc) is 3.84. The summed E-state index contributed by atoms with van der Waals surface area (Å²) in [6, 6.07) is 32.5. The molecule has 2 amide bonds. The van der Waals surface area contributed by atoms with Gasteiger partial charge < -0.3 is 15.1 Å². The molecule has 0 aliphatic carbocycles. The van der Waals surface area contributed by atoms with Crippen LogP contribution < -0.4 is 9.80 Å². The maximum atomic E-state index is 14.2. The third-order valence-corrected chi connectivity index (χ3v) is 10.5. The molecule has 0 saturated carbocycles. The molecule has 1 aromatic heterocycles. The van der Waals surface area contributed by atoms with Gasteiger partial charge in [0.2, 0.25) is 0 Å². The SMILES string of the molecule is C[C@H](/C=C/CCn1cc(C(CO)c2ccccc2)nn1)[C@@]1(O)C(=O)N(Cc2ccc(N3C(=O)c4cccc5cccc3c45)cc2)c2ccc([N+](=O)[O-])cc21. The van der Waals surface area contributed by atoms with Crippen molar-refractivity contribution in [2.45, 2.75) is 38.0 Å². The minimum absolute atomic E-state index is 0.0961. The lowest BCUT2D eigenvalue weighted by Crippen LogP contribution is -2.44. The molecule has 3 heterocycles. The van der Waals surface area contributed by atoms with Crippen LogP contribution in [0.5, 0.6) is 0 Å². The van der Waals surface area contributed by atoms with E-state index in [0.717, 1.165) is 27.6 Å². The molecule has 2 aliphatic heterocycles. The van der Waals surface area contributed by atoms with Gasteiger partial charge in [-0.05, 0) is 53.3 Å². The van der Waals surface area contributed by atoms with Crippen LogP contribution in [0.4, 0.5) is 22.7 Å². The highest BCUT2D eigenvalue weighted by atomic mass is 16.6. The first-order valence-electron chi connectivity index (χ1n) is 17.7. The lowest BCUT2D eigenvalue weighted by Gasteiger charge is -2.27. The van der Waals surface area contributed by atoms with Gasteiger partial charge in [-0.3, -0.25) is 29.3 Å². The second-order valence-corrected chi connectivity index (χ2v) is 13.7. The largest absolute Gasteiger partial charge is 0.395 e. The Balaban J connectivity index is 0.996. The number of benzene rings is 5. The van der Waals surface area contributed by atoms with Crippen molar-refractivity contribution >= 4 is 45.3 Å². The Bertz CT molecular complexity index is 2440. The maximum Gasteiger partial charge on any atom is 0.269 e. The van der Waals surface area contributed by atoms with Gasteiger partial charge in [0.1, 0.15) is 0 Å². The number of nitro groups is 1. The molecule has 12 nitrogen and oxygen atoms in total. The Morgan fingerprint density at radius 3 is 2.43 bits per heavy atom. The van der Waals surface area contributed by atoms with Crippen molar-refractivity contribution in [3.05, 3.63) is 166 Å². The third kappa shape index (κ3) is 5.81. The van der Waals surface area contributed by atoms with E-state index < -0.39 is 22.3 Å². The van der Waals surface area contributed by atoms with Crippen molar-refractivity contribution in [3.8, 4) is 0 Å². The van der Waals surface area contributed by atoms with Crippen LogP contribution >= 0.6 is 0 Å². The van der Waals surface area contributed by atoms with Gasteiger partial charge in [-0.2, -0.15) is 0 Å². The van der Waals surface area contributed by atoms with Gasteiger partial charge in [-0.15, -0.1) is 5.10 Å². The fourth-order valence-corrected chi connectivity index (χ4v) is 7.59. The number of aryl methyl sites for hydroxylation is 1. The highest BCUT2D eigenvalue weighted by molar-refractivity contribution is 6.27. The van der Waals surface area contributed by atoms with Crippen molar-refractivity contribution in [1.29, 1.82) is 0 Å². The van der Waals surface area contributed by atoms with Gasteiger partial charge in [-0.25, -0.2) is 0 Å².